The molecule has 0 radical (unpaired) electrons. The largest absolute Gasteiger partial charge is 0.497 e. The second-order valence-electron chi connectivity index (χ2n) is 4.47. The Hall–Kier alpha value is -1.95. The van der Waals surface area contributed by atoms with Crippen molar-refractivity contribution in [2.75, 3.05) is 19.0 Å². The summed E-state index contributed by atoms with van der Waals surface area (Å²) in [5.74, 6) is 0. The number of rotatable bonds is 3. The number of hydrogen-bond donors (Lipinski definition) is 0. The molecule has 2 aromatic rings. The van der Waals surface area contributed by atoms with Crippen molar-refractivity contribution in [3.63, 3.8) is 0 Å². The minimum atomic E-state index is -0.0413. The zero-order valence-corrected chi connectivity index (χ0v) is 12.3. The third-order valence-electron chi connectivity index (χ3n) is 2.76. The van der Waals surface area contributed by atoms with Gasteiger partial charge >= 0.3 is 5.69 Å². The molecule has 0 aliphatic carbocycles. The average molecular weight is 277 g/mol. The van der Waals surface area contributed by atoms with Gasteiger partial charge in [-0.25, -0.2) is 9.55 Å². The van der Waals surface area contributed by atoms with E-state index < -0.39 is 0 Å². The van der Waals surface area contributed by atoms with Gasteiger partial charge in [0, 0.05) is 31.2 Å². The Morgan fingerprint density at radius 2 is 2.16 bits per heavy atom. The van der Waals surface area contributed by atoms with Crippen LogP contribution >= 0.6 is 11.3 Å². The highest BCUT2D eigenvalue weighted by Crippen LogP contribution is 2.21. The zero-order valence-electron chi connectivity index (χ0n) is 11.5. The molecule has 0 saturated carbocycles. The lowest BCUT2D eigenvalue weighted by Gasteiger charge is -2.04. The third kappa shape index (κ3) is 2.90. The van der Waals surface area contributed by atoms with Crippen molar-refractivity contribution < 1.29 is 4.57 Å². The van der Waals surface area contributed by atoms with Gasteiger partial charge in [0.15, 0.2) is 5.13 Å². The molecule has 0 atom stereocenters. The molecule has 6 heteroatoms. The number of aryl methyl sites for hydroxylation is 1. The quantitative estimate of drug-likeness (QED) is 0.783. The second-order valence-corrected chi connectivity index (χ2v) is 5.51. The van der Waals surface area contributed by atoms with Crippen LogP contribution in [0.2, 0.25) is 0 Å². The first kappa shape index (κ1) is 13.5. The molecule has 19 heavy (non-hydrogen) atoms. The fourth-order valence-electron chi connectivity index (χ4n) is 1.61. The molecule has 2 rings (SSSR count). The first-order valence-electron chi connectivity index (χ1n) is 5.86. The summed E-state index contributed by atoms with van der Waals surface area (Å²) < 4.78 is 3.17. The molecule has 0 aliphatic heterocycles. The predicted molar refractivity (Wildman–Crippen MR) is 78.2 cm³/mol. The fraction of sp³-hybridized carbons (Fsp3) is 0.308. The summed E-state index contributed by atoms with van der Waals surface area (Å²) in [6.07, 6.45) is 7.49. The van der Waals surface area contributed by atoms with Gasteiger partial charge in [-0.3, -0.25) is 0 Å². The molecule has 0 fully saturated rings. The first-order chi connectivity index (χ1) is 8.99. The highest BCUT2D eigenvalue weighted by atomic mass is 32.1. The molecule has 0 aliphatic rings. The van der Waals surface area contributed by atoms with Crippen LogP contribution < -0.4 is 15.2 Å². The average Bonchev–Trinajstić information content (AvgIpc) is 2.84. The van der Waals surface area contributed by atoms with E-state index in [1.807, 2.05) is 43.4 Å². The van der Waals surface area contributed by atoms with Gasteiger partial charge < -0.3 is 4.90 Å². The summed E-state index contributed by atoms with van der Waals surface area (Å²) >= 11 is 1.61. The van der Waals surface area contributed by atoms with Gasteiger partial charge in [-0.2, -0.15) is 9.36 Å². The van der Waals surface area contributed by atoms with Crippen LogP contribution in [0.4, 0.5) is 5.13 Å². The van der Waals surface area contributed by atoms with Gasteiger partial charge in [0.25, 0.3) is 0 Å². The zero-order chi connectivity index (χ0) is 14.0. The minimum absolute atomic E-state index is 0.0413. The molecule has 0 aromatic carbocycles. The molecule has 0 N–H and O–H groups in total. The van der Waals surface area contributed by atoms with Crippen LogP contribution in [0.5, 0.6) is 0 Å². The Balaban J connectivity index is 2.27. The Bertz CT molecular complexity index is 670. The van der Waals surface area contributed by atoms with Crippen molar-refractivity contribution >= 4 is 28.6 Å². The van der Waals surface area contributed by atoms with Crippen LogP contribution in [0.25, 0.3) is 12.2 Å². The van der Waals surface area contributed by atoms with Crippen molar-refractivity contribution in [2.45, 2.75) is 0 Å². The summed E-state index contributed by atoms with van der Waals surface area (Å²) in [7, 11) is 7.43. The third-order valence-corrected chi connectivity index (χ3v) is 3.89. The maximum atomic E-state index is 11.8. The molecular weight excluding hydrogens is 260 g/mol. The van der Waals surface area contributed by atoms with Crippen molar-refractivity contribution in [1.29, 1.82) is 0 Å². The number of thiazole rings is 1. The SMILES string of the molecule is CN(C)c1ncc(C=Cc2ccn(C)c(=O)[n+]2C)s1. The number of nitrogens with zero attached hydrogens (tertiary/aromatic N) is 4. The van der Waals surface area contributed by atoms with E-state index in [-0.39, 0.29) is 5.69 Å². The van der Waals surface area contributed by atoms with Gasteiger partial charge in [0.05, 0.1) is 20.3 Å². The highest BCUT2D eigenvalue weighted by Gasteiger charge is 2.07. The van der Waals surface area contributed by atoms with Crippen molar-refractivity contribution in [1.82, 2.24) is 9.55 Å². The lowest BCUT2D eigenvalue weighted by Crippen LogP contribution is -2.52. The lowest BCUT2D eigenvalue weighted by atomic mass is 10.3. The maximum Gasteiger partial charge on any atom is 0.497 e. The van der Waals surface area contributed by atoms with Gasteiger partial charge in [-0.05, 0) is 12.2 Å². The van der Waals surface area contributed by atoms with E-state index in [0.29, 0.717) is 0 Å². The molecule has 0 unspecified atom stereocenters. The van der Waals surface area contributed by atoms with Gasteiger partial charge in [-0.1, -0.05) is 11.3 Å². The monoisotopic (exact) mass is 277 g/mol. The van der Waals surface area contributed by atoms with Gasteiger partial charge in [-0.15, -0.1) is 0 Å². The molecular formula is C13H17N4OS+. The molecule has 0 saturated heterocycles. The summed E-state index contributed by atoms with van der Waals surface area (Å²) in [4.78, 5) is 19.1. The molecule has 5 nitrogen and oxygen atoms in total. The summed E-state index contributed by atoms with van der Waals surface area (Å²) in [6, 6.07) is 1.91. The van der Waals surface area contributed by atoms with Crippen LogP contribution in [0.1, 0.15) is 10.6 Å². The Labute approximate surface area is 116 Å². The maximum absolute atomic E-state index is 11.8. The molecule has 100 valence electrons. The van der Waals surface area contributed by atoms with E-state index in [1.54, 1.807) is 40.8 Å². The van der Waals surface area contributed by atoms with Crippen LogP contribution in [0.3, 0.4) is 0 Å². The summed E-state index contributed by atoms with van der Waals surface area (Å²) in [5, 5.41) is 0.966. The number of anilines is 1. The van der Waals surface area contributed by atoms with Crippen LogP contribution in [-0.4, -0.2) is 23.6 Å². The summed E-state index contributed by atoms with van der Waals surface area (Å²) in [6.45, 7) is 0. The van der Waals surface area contributed by atoms with E-state index in [1.165, 1.54) is 0 Å². The molecule has 0 bridgehead atoms. The fourth-order valence-corrected chi connectivity index (χ4v) is 2.35. The van der Waals surface area contributed by atoms with Gasteiger partial charge in [0.1, 0.15) is 5.69 Å². The van der Waals surface area contributed by atoms with Crippen molar-refractivity contribution in [3.8, 4) is 0 Å². The van der Waals surface area contributed by atoms with Crippen LogP contribution in [0.15, 0.2) is 23.3 Å². The Morgan fingerprint density at radius 3 is 2.79 bits per heavy atom. The van der Waals surface area contributed by atoms with Crippen molar-refractivity contribution in [3.05, 3.63) is 39.5 Å². The second kappa shape index (κ2) is 5.36. The predicted octanol–water partition coefficient (Wildman–Crippen LogP) is 0.903. The number of hydrogen-bond acceptors (Lipinski definition) is 4. The van der Waals surface area contributed by atoms with Gasteiger partial charge in [0.2, 0.25) is 0 Å². The Morgan fingerprint density at radius 1 is 1.42 bits per heavy atom. The van der Waals surface area contributed by atoms with Crippen LogP contribution in [0, 0.1) is 0 Å². The standard InChI is InChI=1S/C13H17N4OS/c1-15(2)12-14-9-11(19-12)6-5-10-7-8-16(3)13(18)17(10)4/h5-9H,1-4H3/q+1. The molecule has 0 amide bonds. The normalized spacial score (nSPS) is 11.2. The molecule has 2 aromatic heterocycles. The highest BCUT2D eigenvalue weighted by molar-refractivity contribution is 7.16. The lowest BCUT2D eigenvalue weighted by molar-refractivity contribution is -0.692. The smallest absolute Gasteiger partial charge is 0.354 e. The Kier molecular flexibility index (Phi) is 3.80. The van der Waals surface area contributed by atoms with Crippen LogP contribution in [-0.2, 0) is 14.1 Å². The topological polar surface area (TPSA) is 42.0 Å². The van der Waals surface area contributed by atoms with E-state index in [2.05, 4.69) is 4.98 Å². The van der Waals surface area contributed by atoms with E-state index in [0.717, 1.165) is 15.7 Å². The van der Waals surface area contributed by atoms with E-state index >= 15 is 0 Å². The minimum Gasteiger partial charge on any atom is -0.354 e. The van der Waals surface area contributed by atoms with Crippen molar-refractivity contribution in [2.24, 2.45) is 14.1 Å². The number of aromatic nitrogens is 3. The van der Waals surface area contributed by atoms with E-state index in [9.17, 15) is 4.79 Å². The molecule has 2 heterocycles. The van der Waals surface area contributed by atoms with E-state index in [4.69, 9.17) is 0 Å². The molecule has 0 spiro atoms. The first-order valence-corrected chi connectivity index (χ1v) is 6.67. The summed E-state index contributed by atoms with van der Waals surface area (Å²) in [5.41, 5.74) is 0.823.